The number of methoxy groups -OCH3 is 1. The first kappa shape index (κ1) is 22.8. The lowest BCUT2D eigenvalue weighted by atomic mass is 10.1. The Labute approximate surface area is 177 Å². The van der Waals surface area contributed by atoms with E-state index in [-0.39, 0.29) is 29.9 Å². The molecule has 0 aliphatic rings. The maximum absolute atomic E-state index is 11.7. The van der Waals surface area contributed by atoms with Crippen molar-refractivity contribution in [2.75, 3.05) is 27.7 Å². The van der Waals surface area contributed by atoms with Gasteiger partial charge in [0.1, 0.15) is 5.75 Å². The summed E-state index contributed by atoms with van der Waals surface area (Å²) in [6, 6.07) is 15.5. The lowest BCUT2D eigenvalue weighted by molar-refractivity contribution is 0.0963. The fourth-order valence-electron chi connectivity index (χ4n) is 2.60. The highest BCUT2D eigenvalue weighted by Gasteiger charge is 2.05. The quantitative estimate of drug-likeness (QED) is 0.322. The maximum Gasteiger partial charge on any atom is 0.251 e. The van der Waals surface area contributed by atoms with Crippen LogP contribution < -0.4 is 20.7 Å². The molecule has 0 radical (unpaired) electrons. The second-order valence-corrected chi connectivity index (χ2v) is 5.69. The van der Waals surface area contributed by atoms with Gasteiger partial charge < -0.3 is 20.7 Å². The number of carbonyl (C=O) groups is 1. The zero-order valence-electron chi connectivity index (χ0n) is 15.9. The lowest BCUT2D eigenvalue weighted by Crippen LogP contribution is -2.37. The summed E-state index contributed by atoms with van der Waals surface area (Å²) in [6.45, 7) is 1.32. The Morgan fingerprint density at radius 1 is 1.11 bits per heavy atom. The molecule has 3 N–H and O–H groups in total. The van der Waals surface area contributed by atoms with Crippen LogP contribution in [0.4, 0.5) is 0 Å². The minimum absolute atomic E-state index is 0. The predicted molar refractivity (Wildman–Crippen MR) is 120 cm³/mol. The molecule has 27 heavy (non-hydrogen) atoms. The molecule has 0 atom stereocenters. The van der Waals surface area contributed by atoms with E-state index in [4.69, 9.17) is 4.74 Å². The van der Waals surface area contributed by atoms with Gasteiger partial charge in [-0.1, -0.05) is 30.3 Å². The molecule has 1 amide bonds. The Hall–Kier alpha value is -2.29. The summed E-state index contributed by atoms with van der Waals surface area (Å²) in [7, 11) is 5.04. The molecule has 0 heterocycles. The van der Waals surface area contributed by atoms with Gasteiger partial charge in [0, 0.05) is 32.7 Å². The molecule has 0 aromatic heterocycles. The van der Waals surface area contributed by atoms with Crippen LogP contribution in [0.3, 0.4) is 0 Å². The molecule has 0 spiro atoms. The van der Waals surface area contributed by atoms with Gasteiger partial charge in [-0.3, -0.25) is 9.79 Å². The maximum atomic E-state index is 11.7. The minimum Gasteiger partial charge on any atom is -0.496 e. The van der Waals surface area contributed by atoms with Crippen molar-refractivity contribution in [2.24, 2.45) is 4.99 Å². The number of nitrogens with one attached hydrogen (secondary N) is 3. The van der Waals surface area contributed by atoms with E-state index in [1.165, 1.54) is 0 Å². The highest BCUT2D eigenvalue weighted by Crippen LogP contribution is 2.17. The normalized spacial score (nSPS) is 10.6. The molecule has 0 fully saturated rings. The number of amides is 1. The summed E-state index contributed by atoms with van der Waals surface area (Å²) in [5.74, 6) is 1.51. The number of benzene rings is 2. The van der Waals surface area contributed by atoms with Crippen LogP contribution in [-0.2, 0) is 13.0 Å². The smallest absolute Gasteiger partial charge is 0.251 e. The Balaban J connectivity index is 0.00000364. The number of hydrogen-bond acceptors (Lipinski definition) is 3. The highest BCUT2D eigenvalue weighted by molar-refractivity contribution is 14.0. The van der Waals surface area contributed by atoms with Crippen LogP contribution in [0.1, 0.15) is 21.5 Å². The number of rotatable bonds is 7. The first-order valence-corrected chi connectivity index (χ1v) is 8.55. The van der Waals surface area contributed by atoms with Gasteiger partial charge in [0.25, 0.3) is 5.91 Å². The van der Waals surface area contributed by atoms with Crippen LogP contribution in [0.2, 0.25) is 0 Å². The number of ether oxygens (including phenoxy) is 1. The number of nitrogens with zero attached hydrogens (tertiary/aromatic N) is 1. The molecule has 2 rings (SSSR count). The van der Waals surface area contributed by atoms with Crippen molar-refractivity contribution in [3.05, 3.63) is 65.2 Å². The molecule has 0 saturated heterocycles. The van der Waals surface area contributed by atoms with Crippen molar-refractivity contribution in [1.29, 1.82) is 0 Å². The van der Waals surface area contributed by atoms with Crippen LogP contribution in [0, 0.1) is 0 Å². The molecule has 6 nitrogen and oxygen atoms in total. The van der Waals surface area contributed by atoms with Gasteiger partial charge >= 0.3 is 0 Å². The van der Waals surface area contributed by atoms with Gasteiger partial charge in [-0.2, -0.15) is 0 Å². The Kier molecular flexibility index (Phi) is 10.2. The minimum atomic E-state index is -0.0915. The summed E-state index contributed by atoms with van der Waals surface area (Å²) in [4.78, 5) is 15.9. The monoisotopic (exact) mass is 482 g/mol. The van der Waals surface area contributed by atoms with E-state index in [0.717, 1.165) is 29.8 Å². The Morgan fingerprint density at radius 3 is 2.59 bits per heavy atom. The van der Waals surface area contributed by atoms with Crippen LogP contribution in [0.5, 0.6) is 5.75 Å². The third-order valence-electron chi connectivity index (χ3n) is 3.98. The van der Waals surface area contributed by atoms with Gasteiger partial charge in [0.15, 0.2) is 5.96 Å². The van der Waals surface area contributed by atoms with Crippen molar-refractivity contribution in [2.45, 2.75) is 13.0 Å². The van der Waals surface area contributed by atoms with Gasteiger partial charge in [-0.25, -0.2) is 0 Å². The van der Waals surface area contributed by atoms with Crippen molar-refractivity contribution >= 4 is 35.8 Å². The van der Waals surface area contributed by atoms with Crippen LogP contribution in [0.25, 0.3) is 0 Å². The number of aliphatic imine (C=N–C) groups is 1. The summed E-state index contributed by atoms with van der Waals surface area (Å²) >= 11 is 0. The highest BCUT2D eigenvalue weighted by atomic mass is 127. The number of carbonyl (C=O) groups excluding carboxylic acids is 1. The molecule has 0 aliphatic heterocycles. The van der Waals surface area contributed by atoms with E-state index in [1.54, 1.807) is 27.3 Å². The van der Waals surface area contributed by atoms with Gasteiger partial charge in [-0.05, 0) is 35.7 Å². The molecule has 0 bridgehead atoms. The van der Waals surface area contributed by atoms with E-state index in [9.17, 15) is 4.79 Å². The van der Waals surface area contributed by atoms with E-state index >= 15 is 0 Å². The van der Waals surface area contributed by atoms with Crippen molar-refractivity contribution in [3.8, 4) is 5.75 Å². The Bertz CT molecular complexity index is 765. The molecule has 7 heteroatoms. The van der Waals surface area contributed by atoms with E-state index < -0.39 is 0 Å². The third kappa shape index (κ3) is 7.09. The molecule has 2 aromatic carbocycles. The molecule has 146 valence electrons. The fraction of sp³-hybridized carbons (Fsp3) is 0.300. The van der Waals surface area contributed by atoms with E-state index in [0.29, 0.717) is 18.1 Å². The molecule has 2 aromatic rings. The summed E-state index contributed by atoms with van der Waals surface area (Å²) in [5.41, 5.74) is 2.81. The molecule has 0 aliphatic carbocycles. The van der Waals surface area contributed by atoms with Crippen LogP contribution in [-0.4, -0.2) is 39.6 Å². The number of halogens is 1. The number of hydrogen-bond donors (Lipinski definition) is 3. The van der Waals surface area contributed by atoms with Crippen molar-refractivity contribution in [3.63, 3.8) is 0 Å². The van der Waals surface area contributed by atoms with Gasteiger partial charge in [-0.15, -0.1) is 24.0 Å². The summed E-state index contributed by atoms with van der Waals surface area (Å²) in [5, 5.41) is 9.18. The lowest BCUT2D eigenvalue weighted by Gasteiger charge is -2.13. The fourth-order valence-corrected chi connectivity index (χ4v) is 2.60. The van der Waals surface area contributed by atoms with Crippen LogP contribution >= 0.6 is 24.0 Å². The summed E-state index contributed by atoms with van der Waals surface area (Å²) in [6.07, 6.45) is 0.830. The van der Waals surface area contributed by atoms with Gasteiger partial charge in [0.2, 0.25) is 0 Å². The average Bonchev–Trinajstić information content (AvgIpc) is 2.70. The second kappa shape index (κ2) is 12.2. The molecular weight excluding hydrogens is 455 g/mol. The van der Waals surface area contributed by atoms with Crippen LogP contribution in [0.15, 0.2) is 53.5 Å². The first-order valence-electron chi connectivity index (χ1n) is 8.55. The number of guanidine groups is 1. The summed E-state index contributed by atoms with van der Waals surface area (Å²) < 4.78 is 5.37. The molecule has 0 unspecified atom stereocenters. The van der Waals surface area contributed by atoms with Gasteiger partial charge in [0.05, 0.1) is 7.11 Å². The zero-order chi connectivity index (χ0) is 18.8. The zero-order valence-corrected chi connectivity index (χ0v) is 18.2. The average molecular weight is 482 g/mol. The third-order valence-corrected chi connectivity index (χ3v) is 3.98. The predicted octanol–water partition coefficient (Wildman–Crippen LogP) is 2.58. The van der Waals surface area contributed by atoms with Crippen molar-refractivity contribution in [1.82, 2.24) is 16.0 Å². The SMILES string of the molecule is CN=C(NCCc1ccccc1OC)NCc1cccc(C(=O)NC)c1.I. The number of para-hydroxylation sites is 1. The van der Waals surface area contributed by atoms with E-state index in [2.05, 4.69) is 27.0 Å². The topological polar surface area (TPSA) is 74.8 Å². The first-order chi connectivity index (χ1) is 12.7. The second-order valence-electron chi connectivity index (χ2n) is 5.69. The Morgan fingerprint density at radius 2 is 1.89 bits per heavy atom. The van der Waals surface area contributed by atoms with E-state index in [1.807, 2.05) is 36.4 Å². The molecular formula is C20H27IN4O2. The standard InChI is InChI=1S/C20H26N4O2.HI/c1-21-19(25)17-9-6-7-15(13-17)14-24-20(22-2)23-12-11-16-8-4-5-10-18(16)26-3;/h4-10,13H,11-12,14H2,1-3H3,(H,21,25)(H2,22,23,24);1H. The molecule has 0 saturated carbocycles. The largest absolute Gasteiger partial charge is 0.496 e. The van der Waals surface area contributed by atoms with Crippen molar-refractivity contribution < 1.29 is 9.53 Å².